The molecule has 1 aromatic carbocycles. The van der Waals surface area contributed by atoms with Gasteiger partial charge >= 0.3 is 0 Å². The Bertz CT molecular complexity index is 334. The first-order valence-electron chi connectivity index (χ1n) is 5.80. The van der Waals surface area contributed by atoms with Crippen molar-refractivity contribution >= 4 is 0 Å². The van der Waals surface area contributed by atoms with Crippen LogP contribution >= 0.6 is 0 Å². The molecule has 16 heavy (non-hydrogen) atoms. The Kier molecular flexibility index (Phi) is 4.97. The van der Waals surface area contributed by atoms with Gasteiger partial charge in [0, 0.05) is 7.11 Å². The maximum absolute atomic E-state index is 9.88. The van der Waals surface area contributed by atoms with Crippen LogP contribution in [0, 0.1) is 13.8 Å². The highest BCUT2D eigenvalue weighted by Gasteiger charge is 2.10. The SMILES string of the molecule is COC(C)CC(O)Cc1ccc(C)c(C)c1. The molecule has 0 aliphatic rings. The summed E-state index contributed by atoms with van der Waals surface area (Å²) >= 11 is 0. The van der Waals surface area contributed by atoms with Gasteiger partial charge in [0.1, 0.15) is 0 Å². The van der Waals surface area contributed by atoms with Gasteiger partial charge in [-0.25, -0.2) is 0 Å². The Morgan fingerprint density at radius 2 is 1.94 bits per heavy atom. The fourth-order valence-electron chi connectivity index (χ4n) is 1.77. The van der Waals surface area contributed by atoms with E-state index in [9.17, 15) is 5.11 Å². The molecular formula is C14H22O2. The van der Waals surface area contributed by atoms with E-state index >= 15 is 0 Å². The minimum absolute atomic E-state index is 0.113. The van der Waals surface area contributed by atoms with Gasteiger partial charge < -0.3 is 9.84 Å². The van der Waals surface area contributed by atoms with E-state index in [4.69, 9.17) is 4.74 Å². The summed E-state index contributed by atoms with van der Waals surface area (Å²) in [5.74, 6) is 0. The Labute approximate surface area is 98.3 Å². The summed E-state index contributed by atoms with van der Waals surface area (Å²) in [4.78, 5) is 0. The number of hydrogen-bond acceptors (Lipinski definition) is 2. The van der Waals surface area contributed by atoms with Gasteiger partial charge in [-0.2, -0.15) is 0 Å². The predicted octanol–water partition coefficient (Wildman–Crippen LogP) is 2.63. The van der Waals surface area contributed by atoms with Crippen LogP contribution in [0.5, 0.6) is 0 Å². The molecule has 2 atom stereocenters. The van der Waals surface area contributed by atoms with Gasteiger partial charge in [0.15, 0.2) is 0 Å². The average molecular weight is 222 g/mol. The Morgan fingerprint density at radius 1 is 1.25 bits per heavy atom. The molecule has 0 bridgehead atoms. The van der Waals surface area contributed by atoms with Gasteiger partial charge in [0.2, 0.25) is 0 Å². The van der Waals surface area contributed by atoms with E-state index in [2.05, 4.69) is 32.0 Å². The zero-order valence-electron chi connectivity index (χ0n) is 10.7. The van der Waals surface area contributed by atoms with E-state index in [0.717, 1.165) is 0 Å². The molecular weight excluding hydrogens is 200 g/mol. The molecule has 2 unspecified atom stereocenters. The Morgan fingerprint density at radius 3 is 2.50 bits per heavy atom. The number of aliphatic hydroxyl groups excluding tert-OH is 1. The molecule has 0 amide bonds. The normalized spacial score (nSPS) is 14.8. The molecule has 90 valence electrons. The van der Waals surface area contributed by atoms with Crippen molar-refractivity contribution in [2.24, 2.45) is 0 Å². The lowest BCUT2D eigenvalue weighted by Crippen LogP contribution is -2.19. The molecule has 0 aliphatic carbocycles. The van der Waals surface area contributed by atoms with Crippen LogP contribution in [-0.2, 0) is 11.2 Å². The number of ether oxygens (including phenoxy) is 1. The van der Waals surface area contributed by atoms with Crippen LogP contribution in [0.4, 0.5) is 0 Å². The smallest absolute Gasteiger partial charge is 0.0605 e. The molecule has 0 saturated carbocycles. The van der Waals surface area contributed by atoms with Crippen LogP contribution in [0.25, 0.3) is 0 Å². The van der Waals surface area contributed by atoms with Gasteiger partial charge in [-0.3, -0.25) is 0 Å². The van der Waals surface area contributed by atoms with Gasteiger partial charge in [-0.1, -0.05) is 18.2 Å². The summed E-state index contributed by atoms with van der Waals surface area (Å²) in [6, 6.07) is 6.34. The highest BCUT2D eigenvalue weighted by atomic mass is 16.5. The standard InChI is InChI=1S/C14H22O2/c1-10-5-6-13(7-11(10)2)9-14(15)8-12(3)16-4/h5-7,12,14-15H,8-9H2,1-4H3. The topological polar surface area (TPSA) is 29.5 Å². The molecule has 0 radical (unpaired) electrons. The number of benzene rings is 1. The van der Waals surface area contributed by atoms with E-state index in [1.165, 1.54) is 16.7 Å². The third kappa shape index (κ3) is 3.95. The molecule has 0 spiro atoms. The van der Waals surface area contributed by atoms with Crippen molar-refractivity contribution in [2.75, 3.05) is 7.11 Å². The average Bonchev–Trinajstić information content (AvgIpc) is 2.23. The van der Waals surface area contributed by atoms with Crippen LogP contribution in [0.15, 0.2) is 18.2 Å². The van der Waals surface area contributed by atoms with Crippen molar-refractivity contribution < 1.29 is 9.84 Å². The maximum Gasteiger partial charge on any atom is 0.0605 e. The minimum Gasteiger partial charge on any atom is -0.393 e. The van der Waals surface area contributed by atoms with Crippen molar-refractivity contribution in [3.8, 4) is 0 Å². The quantitative estimate of drug-likeness (QED) is 0.830. The van der Waals surface area contributed by atoms with Crippen molar-refractivity contribution in [3.05, 3.63) is 34.9 Å². The van der Waals surface area contributed by atoms with E-state index in [1.807, 2.05) is 6.92 Å². The van der Waals surface area contributed by atoms with E-state index in [-0.39, 0.29) is 12.2 Å². The summed E-state index contributed by atoms with van der Waals surface area (Å²) in [7, 11) is 1.67. The lowest BCUT2D eigenvalue weighted by Gasteiger charge is -2.15. The second-order valence-electron chi connectivity index (χ2n) is 4.56. The second-order valence-corrected chi connectivity index (χ2v) is 4.56. The first-order valence-corrected chi connectivity index (χ1v) is 5.80. The number of aliphatic hydroxyl groups is 1. The minimum atomic E-state index is -0.322. The van der Waals surface area contributed by atoms with Crippen LogP contribution in [-0.4, -0.2) is 24.4 Å². The third-order valence-corrected chi connectivity index (χ3v) is 3.05. The van der Waals surface area contributed by atoms with Gasteiger partial charge in [-0.05, 0) is 50.3 Å². The first-order chi connectivity index (χ1) is 7.52. The van der Waals surface area contributed by atoms with E-state index < -0.39 is 0 Å². The highest BCUT2D eigenvalue weighted by Crippen LogP contribution is 2.13. The van der Waals surface area contributed by atoms with Crippen molar-refractivity contribution in [1.29, 1.82) is 0 Å². The summed E-state index contributed by atoms with van der Waals surface area (Å²) in [5, 5.41) is 9.88. The molecule has 2 nitrogen and oxygen atoms in total. The number of methoxy groups -OCH3 is 1. The second kappa shape index (κ2) is 6.02. The molecule has 2 heteroatoms. The van der Waals surface area contributed by atoms with Crippen molar-refractivity contribution in [3.63, 3.8) is 0 Å². The number of aryl methyl sites for hydroxylation is 2. The molecule has 1 rings (SSSR count). The van der Waals surface area contributed by atoms with E-state index in [0.29, 0.717) is 12.8 Å². The molecule has 0 heterocycles. The fourth-order valence-corrected chi connectivity index (χ4v) is 1.77. The number of rotatable bonds is 5. The van der Waals surface area contributed by atoms with Gasteiger partial charge in [-0.15, -0.1) is 0 Å². The maximum atomic E-state index is 9.88. The Hall–Kier alpha value is -0.860. The lowest BCUT2D eigenvalue weighted by atomic mass is 10.00. The fraction of sp³-hybridized carbons (Fsp3) is 0.571. The summed E-state index contributed by atoms with van der Waals surface area (Å²) in [6.45, 7) is 6.18. The monoisotopic (exact) mass is 222 g/mol. The summed E-state index contributed by atoms with van der Waals surface area (Å²) in [5.41, 5.74) is 3.77. The van der Waals surface area contributed by atoms with Gasteiger partial charge in [0.25, 0.3) is 0 Å². The van der Waals surface area contributed by atoms with Crippen LogP contribution in [0.3, 0.4) is 0 Å². The van der Waals surface area contributed by atoms with Crippen molar-refractivity contribution in [2.45, 2.75) is 45.8 Å². The van der Waals surface area contributed by atoms with Gasteiger partial charge in [0.05, 0.1) is 12.2 Å². The largest absolute Gasteiger partial charge is 0.393 e. The van der Waals surface area contributed by atoms with Crippen LogP contribution in [0.1, 0.15) is 30.0 Å². The molecule has 0 aromatic heterocycles. The van der Waals surface area contributed by atoms with Crippen molar-refractivity contribution in [1.82, 2.24) is 0 Å². The zero-order chi connectivity index (χ0) is 12.1. The zero-order valence-corrected chi connectivity index (χ0v) is 10.7. The Balaban J connectivity index is 2.56. The first kappa shape index (κ1) is 13.2. The highest BCUT2D eigenvalue weighted by molar-refractivity contribution is 5.30. The molecule has 1 aromatic rings. The lowest BCUT2D eigenvalue weighted by molar-refractivity contribution is 0.0565. The van der Waals surface area contributed by atoms with E-state index in [1.54, 1.807) is 7.11 Å². The molecule has 0 fully saturated rings. The van der Waals surface area contributed by atoms with Crippen LogP contribution < -0.4 is 0 Å². The molecule has 1 N–H and O–H groups in total. The summed E-state index contributed by atoms with van der Waals surface area (Å²) in [6.07, 6.45) is 1.18. The summed E-state index contributed by atoms with van der Waals surface area (Å²) < 4.78 is 5.14. The third-order valence-electron chi connectivity index (χ3n) is 3.05. The molecule has 0 saturated heterocycles. The molecule has 0 aliphatic heterocycles. The number of hydrogen-bond donors (Lipinski definition) is 1. The predicted molar refractivity (Wildman–Crippen MR) is 66.7 cm³/mol. The van der Waals surface area contributed by atoms with Crippen LogP contribution in [0.2, 0.25) is 0 Å².